The largest absolute Gasteiger partial charge is 0.326 e. The quantitative estimate of drug-likeness (QED) is 0.928. The van der Waals surface area contributed by atoms with Gasteiger partial charge >= 0.3 is 0 Å². The molecule has 0 fully saturated rings. The van der Waals surface area contributed by atoms with Gasteiger partial charge in [0.15, 0.2) is 0 Å². The van der Waals surface area contributed by atoms with Gasteiger partial charge in [0.2, 0.25) is 0 Å². The summed E-state index contributed by atoms with van der Waals surface area (Å²) in [5, 5.41) is 1.08. The van der Waals surface area contributed by atoms with Crippen molar-refractivity contribution in [1.29, 1.82) is 0 Å². The number of rotatable bonds is 3. The Hall–Kier alpha value is -1.32. The van der Waals surface area contributed by atoms with E-state index in [1.54, 1.807) is 11.8 Å². The fourth-order valence-corrected chi connectivity index (χ4v) is 3.52. The number of aryl methyl sites for hydroxylation is 3. The van der Waals surface area contributed by atoms with Gasteiger partial charge in [0.25, 0.3) is 0 Å². The summed E-state index contributed by atoms with van der Waals surface area (Å²) in [6, 6.07) is 10.7. The first-order chi connectivity index (χ1) is 9.28. The van der Waals surface area contributed by atoms with Crippen molar-refractivity contribution in [3.63, 3.8) is 0 Å². The number of fused-ring (bicyclic) bond motifs is 1. The van der Waals surface area contributed by atoms with Gasteiger partial charge in [-0.25, -0.2) is 4.98 Å². The lowest BCUT2D eigenvalue weighted by Crippen LogP contribution is -2.03. The maximum atomic E-state index is 5.88. The second-order valence-electron chi connectivity index (χ2n) is 4.98. The molecule has 2 nitrogen and oxygen atoms in total. The van der Waals surface area contributed by atoms with Gasteiger partial charge in [-0.1, -0.05) is 36.0 Å². The van der Waals surface area contributed by atoms with Crippen LogP contribution in [0, 0.1) is 6.92 Å². The van der Waals surface area contributed by atoms with Gasteiger partial charge in [0, 0.05) is 17.1 Å². The summed E-state index contributed by atoms with van der Waals surface area (Å²) in [6.45, 7) is 2.70. The lowest BCUT2D eigenvalue weighted by Gasteiger charge is -2.11. The molecule has 0 aliphatic heterocycles. The molecule has 2 aromatic rings. The highest BCUT2D eigenvalue weighted by Gasteiger charge is 2.16. The van der Waals surface area contributed by atoms with Gasteiger partial charge in [-0.05, 0) is 48.9 Å². The third-order valence-corrected chi connectivity index (χ3v) is 4.83. The fourth-order valence-electron chi connectivity index (χ4n) is 2.51. The average Bonchev–Trinajstić information content (AvgIpc) is 2.87. The molecule has 0 spiro atoms. The van der Waals surface area contributed by atoms with E-state index < -0.39 is 0 Å². The zero-order valence-corrected chi connectivity index (χ0v) is 12.0. The highest BCUT2D eigenvalue weighted by atomic mass is 32.2. The summed E-state index contributed by atoms with van der Waals surface area (Å²) in [7, 11) is 0. The van der Waals surface area contributed by atoms with E-state index in [0.717, 1.165) is 17.9 Å². The molecule has 0 unspecified atom stereocenters. The molecule has 1 aliphatic carbocycles. The van der Waals surface area contributed by atoms with Gasteiger partial charge in [0.05, 0.1) is 0 Å². The van der Waals surface area contributed by atoms with Crippen molar-refractivity contribution < 1.29 is 0 Å². The maximum absolute atomic E-state index is 5.88. The molecule has 0 saturated carbocycles. The van der Waals surface area contributed by atoms with Crippen LogP contribution in [0.15, 0.2) is 40.3 Å². The van der Waals surface area contributed by atoms with E-state index >= 15 is 0 Å². The molecule has 1 aromatic heterocycles. The first-order valence-corrected chi connectivity index (χ1v) is 7.55. The molecule has 3 heteroatoms. The Morgan fingerprint density at radius 2 is 2.11 bits per heavy atom. The van der Waals surface area contributed by atoms with E-state index in [-0.39, 0.29) is 0 Å². The Bertz CT molecular complexity index is 608. The molecule has 1 aliphatic rings. The topological polar surface area (TPSA) is 38.9 Å². The van der Waals surface area contributed by atoms with Crippen molar-refractivity contribution in [2.75, 3.05) is 0 Å². The van der Waals surface area contributed by atoms with Crippen molar-refractivity contribution >= 4 is 11.8 Å². The van der Waals surface area contributed by atoms with Crippen LogP contribution >= 0.6 is 11.8 Å². The van der Waals surface area contributed by atoms with Crippen LogP contribution in [0.25, 0.3) is 0 Å². The van der Waals surface area contributed by atoms with Crippen LogP contribution in [0.4, 0.5) is 0 Å². The molecule has 0 saturated heterocycles. The lowest BCUT2D eigenvalue weighted by molar-refractivity contribution is 0.884. The number of benzene rings is 1. The molecule has 19 heavy (non-hydrogen) atoms. The molecule has 0 bridgehead atoms. The second-order valence-corrected chi connectivity index (χ2v) is 6.01. The number of hydrogen-bond acceptors (Lipinski definition) is 3. The van der Waals surface area contributed by atoms with Gasteiger partial charge in [-0.3, -0.25) is 0 Å². The van der Waals surface area contributed by atoms with Crippen molar-refractivity contribution in [2.24, 2.45) is 5.73 Å². The standard InChI is InChI=1S/C16H18N2S/c1-11-5-2-3-8-15(11)19-16-13(10-17)9-12-6-4-7-14(12)18-16/h2-3,5,8-9H,4,6-7,10,17H2,1H3. The van der Waals surface area contributed by atoms with E-state index in [4.69, 9.17) is 10.7 Å². The van der Waals surface area contributed by atoms with Crippen LogP contribution in [0.3, 0.4) is 0 Å². The summed E-state index contributed by atoms with van der Waals surface area (Å²) >= 11 is 1.74. The van der Waals surface area contributed by atoms with Gasteiger partial charge in [0.1, 0.15) is 5.03 Å². The van der Waals surface area contributed by atoms with Crippen LogP contribution in [-0.4, -0.2) is 4.98 Å². The van der Waals surface area contributed by atoms with Crippen LogP contribution in [-0.2, 0) is 19.4 Å². The summed E-state index contributed by atoms with van der Waals surface area (Å²) in [5.41, 5.74) is 11.0. The van der Waals surface area contributed by atoms with Gasteiger partial charge in [-0.15, -0.1) is 0 Å². The Kier molecular flexibility index (Phi) is 3.58. The first-order valence-electron chi connectivity index (χ1n) is 6.73. The van der Waals surface area contributed by atoms with Crippen molar-refractivity contribution in [3.05, 3.63) is 52.7 Å². The van der Waals surface area contributed by atoms with Crippen LogP contribution in [0.1, 0.15) is 28.8 Å². The average molecular weight is 270 g/mol. The van der Waals surface area contributed by atoms with E-state index in [9.17, 15) is 0 Å². The van der Waals surface area contributed by atoms with E-state index in [0.29, 0.717) is 6.54 Å². The molecule has 1 aromatic carbocycles. The third-order valence-electron chi connectivity index (χ3n) is 3.61. The Labute approximate surface area is 118 Å². The van der Waals surface area contributed by atoms with E-state index in [1.807, 2.05) is 0 Å². The summed E-state index contributed by atoms with van der Waals surface area (Å²) in [5.74, 6) is 0. The molecule has 0 radical (unpaired) electrons. The number of nitrogens with two attached hydrogens (primary N) is 1. The summed E-state index contributed by atoms with van der Waals surface area (Å²) < 4.78 is 0. The predicted molar refractivity (Wildman–Crippen MR) is 79.5 cm³/mol. The molecule has 0 atom stereocenters. The zero-order chi connectivity index (χ0) is 13.2. The Morgan fingerprint density at radius 3 is 2.89 bits per heavy atom. The van der Waals surface area contributed by atoms with Crippen molar-refractivity contribution in [3.8, 4) is 0 Å². The normalized spacial score (nSPS) is 13.6. The molecular formula is C16H18N2S. The van der Waals surface area contributed by atoms with Gasteiger partial charge in [-0.2, -0.15) is 0 Å². The smallest absolute Gasteiger partial charge is 0.106 e. The predicted octanol–water partition coefficient (Wildman–Crippen LogP) is 3.49. The minimum atomic E-state index is 0.564. The number of pyridine rings is 1. The Morgan fingerprint density at radius 1 is 1.26 bits per heavy atom. The van der Waals surface area contributed by atoms with Crippen LogP contribution in [0.5, 0.6) is 0 Å². The van der Waals surface area contributed by atoms with Crippen LogP contribution < -0.4 is 5.73 Å². The minimum Gasteiger partial charge on any atom is -0.326 e. The lowest BCUT2D eigenvalue weighted by atomic mass is 10.1. The highest BCUT2D eigenvalue weighted by molar-refractivity contribution is 7.99. The number of hydrogen-bond donors (Lipinski definition) is 1. The molecule has 1 heterocycles. The van der Waals surface area contributed by atoms with Gasteiger partial charge < -0.3 is 5.73 Å². The third kappa shape index (κ3) is 2.53. The Balaban J connectivity index is 1.98. The van der Waals surface area contributed by atoms with Crippen LogP contribution in [0.2, 0.25) is 0 Å². The number of aromatic nitrogens is 1. The SMILES string of the molecule is Cc1ccccc1Sc1nc2c(cc1CN)CCC2. The fraction of sp³-hybridized carbons (Fsp3) is 0.312. The van der Waals surface area contributed by atoms with Crippen molar-refractivity contribution in [1.82, 2.24) is 4.98 Å². The molecule has 98 valence electrons. The number of nitrogens with zero attached hydrogens (tertiary/aromatic N) is 1. The highest BCUT2D eigenvalue weighted by Crippen LogP contribution is 2.33. The molecule has 2 N–H and O–H groups in total. The van der Waals surface area contributed by atoms with E-state index in [1.165, 1.54) is 33.7 Å². The minimum absolute atomic E-state index is 0.564. The van der Waals surface area contributed by atoms with Crippen molar-refractivity contribution in [2.45, 2.75) is 42.7 Å². The second kappa shape index (κ2) is 5.35. The zero-order valence-electron chi connectivity index (χ0n) is 11.1. The van der Waals surface area contributed by atoms with E-state index in [2.05, 4.69) is 37.3 Å². The molecular weight excluding hydrogens is 252 g/mol. The first kappa shape index (κ1) is 12.7. The monoisotopic (exact) mass is 270 g/mol. The maximum Gasteiger partial charge on any atom is 0.106 e. The summed E-state index contributed by atoms with van der Waals surface area (Å²) in [6.07, 6.45) is 3.50. The summed E-state index contributed by atoms with van der Waals surface area (Å²) in [4.78, 5) is 6.11. The molecule has 0 amide bonds. The molecule has 3 rings (SSSR count).